The second-order valence-electron chi connectivity index (χ2n) is 7.84. The fraction of sp³-hybridized carbons (Fsp3) is 0.545. The first-order chi connectivity index (χ1) is 14.7. The zero-order valence-corrected chi connectivity index (χ0v) is 18.3. The largest absolute Gasteiger partial charge is 0.335 e. The van der Waals surface area contributed by atoms with Gasteiger partial charge in [-0.1, -0.05) is 36.4 Å². The number of hydrogen-bond donors (Lipinski definition) is 0. The van der Waals surface area contributed by atoms with Gasteiger partial charge in [0.25, 0.3) is 0 Å². The highest BCUT2D eigenvalue weighted by atomic mass is 32.2. The molecule has 1 aromatic carbocycles. The highest BCUT2D eigenvalue weighted by Gasteiger charge is 2.32. The van der Waals surface area contributed by atoms with Crippen LogP contribution in [-0.4, -0.2) is 49.8 Å². The van der Waals surface area contributed by atoms with Gasteiger partial charge in [0.1, 0.15) is 0 Å². The fourth-order valence-electron chi connectivity index (χ4n) is 4.16. The second-order valence-corrected chi connectivity index (χ2v) is 9.01. The van der Waals surface area contributed by atoms with Gasteiger partial charge in [-0.25, -0.2) is 0 Å². The van der Waals surface area contributed by atoms with Crippen LogP contribution in [0.3, 0.4) is 0 Å². The van der Waals surface area contributed by atoms with Crippen LogP contribution in [0, 0.1) is 0 Å². The lowest BCUT2D eigenvalue weighted by molar-refractivity contribution is -0.131. The molecule has 2 saturated heterocycles. The van der Waals surface area contributed by atoms with Crippen molar-refractivity contribution in [2.24, 2.45) is 0 Å². The number of anilines is 1. The van der Waals surface area contributed by atoms with E-state index in [9.17, 15) is 9.59 Å². The Bertz CT molecular complexity index is 885. The molecule has 2 aliphatic rings. The van der Waals surface area contributed by atoms with Gasteiger partial charge in [-0.2, -0.15) is 0 Å². The molecule has 1 aromatic heterocycles. The molecule has 2 amide bonds. The van der Waals surface area contributed by atoms with Crippen molar-refractivity contribution in [2.45, 2.75) is 68.9 Å². The second kappa shape index (κ2) is 9.64. The van der Waals surface area contributed by atoms with Gasteiger partial charge >= 0.3 is 0 Å². The van der Waals surface area contributed by atoms with Crippen molar-refractivity contribution in [3.05, 3.63) is 36.2 Å². The number of para-hydroxylation sites is 1. The summed E-state index contributed by atoms with van der Waals surface area (Å²) in [5, 5.41) is 9.38. The number of benzene rings is 1. The Morgan fingerprint density at radius 3 is 2.67 bits per heavy atom. The predicted octanol–water partition coefficient (Wildman–Crippen LogP) is 3.49. The number of aromatic nitrogens is 3. The van der Waals surface area contributed by atoms with E-state index in [1.54, 1.807) is 0 Å². The summed E-state index contributed by atoms with van der Waals surface area (Å²) in [5.41, 5.74) is 0.949. The smallest absolute Gasteiger partial charge is 0.240 e. The summed E-state index contributed by atoms with van der Waals surface area (Å²) in [6.45, 7) is 4.80. The quantitative estimate of drug-likeness (QED) is 0.706. The summed E-state index contributed by atoms with van der Waals surface area (Å²) in [4.78, 5) is 29.3. The van der Waals surface area contributed by atoms with Crippen LogP contribution < -0.4 is 4.90 Å². The molecule has 30 heavy (non-hydrogen) atoms. The number of nitrogens with zero attached hydrogens (tertiary/aromatic N) is 5. The van der Waals surface area contributed by atoms with Crippen molar-refractivity contribution in [3.8, 4) is 0 Å². The number of thioether (sulfide) groups is 1. The first-order valence-electron chi connectivity index (χ1n) is 10.9. The molecule has 0 aliphatic carbocycles. The van der Waals surface area contributed by atoms with Gasteiger partial charge in [0.15, 0.2) is 11.0 Å². The summed E-state index contributed by atoms with van der Waals surface area (Å²) in [5.74, 6) is 1.14. The molecule has 1 unspecified atom stereocenters. The van der Waals surface area contributed by atoms with E-state index in [0.717, 1.165) is 68.4 Å². The molecule has 7 nitrogen and oxygen atoms in total. The van der Waals surface area contributed by atoms with Crippen molar-refractivity contribution in [3.63, 3.8) is 0 Å². The Kier molecular flexibility index (Phi) is 6.72. The van der Waals surface area contributed by atoms with Gasteiger partial charge in [0.05, 0.1) is 11.8 Å². The highest BCUT2D eigenvalue weighted by Crippen LogP contribution is 2.32. The number of hydrogen-bond acceptors (Lipinski definition) is 5. The molecule has 2 fully saturated rings. The third-order valence-corrected chi connectivity index (χ3v) is 7.05. The minimum absolute atomic E-state index is 0.132. The summed E-state index contributed by atoms with van der Waals surface area (Å²) in [6.07, 6.45) is 5.54. The van der Waals surface area contributed by atoms with Crippen LogP contribution in [-0.2, 0) is 22.7 Å². The summed E-state index contributed by atoms with van der Waals surface area (Å²) >= 11 is 1.50. The topological polar surface area (TPSA) is 71.3 Å². The summed E-state index contributed by atoms with van der Waals surface area (Å²) in [7, 11) is 0. The van der Waals surface area contributed by atoms with Crippen LogP contribution >= 0.6 is 11.8 Å². The first-order valence-corrected chi connectivity index (χ1v) is 11.8. The van der Waals surface area contributed by atoms with Crippen molar-refractivity contribution in [2.75, 3.05) is 18.0 Å². The van der Waals surface area contributed by atoms with Crippen molar-refractivity contribution >= 4 is 29.3 Å². The van der Waals surface area contributed by atoms with Crippen LogP contribution in [0.1, 0.15) is 51.3 Å². The molecule has 0 N–H and O–H groups in total. The van der Waals surface area contributed by atoms with Crippen LogP contribution in [0.2, 0.25) is 0 Å². The molecule has 4 rings (SSSR count). The zero-order chi connectivity index (χ0) is 20.9. The van der Waals surface area contributed by atoms with Gasteiger partial charge in [-0.3, -0.25) is 9.59 Å². The van der Waals surface area contributed by atoms with E-state index >= 15 is 0 Å². The van der Waals surface area contributed by atoms with E-state index in [2.05, 4.69) is 21.7 Å². The third-order valence-electron chi connectivity index (χ3n) is 5.82. The van der Waals surface area contributed by atoms with Gasteiger partial charge in [0, 0.05) is 31.7 Å². The van der Waals surface area contributed by atoms with Crippen molar-refractivity contribution in [1.82, 2.24) is 19.7 Å². The molecule has 0 spiro atoms. The number of rotatable bonds is 6. The number of carbonyl (C=O) groups is 2. The predicted molar refractivity (Wildman–Crippen MR) is 117 cm³/mol. The Morgan fingerprint density at radius 2 is 1.87 bits per heavy atom. The van der Waals surface area contributed by atoms with Crippen molar-refractivity contribution < 1.29 is 9.59 Å². The highest BCUT2D eigenvalue weighted by molar-refractivity contribution is 8.00. The minimum Gasteiger partial charge on any atom is -0.335 e. The molecule has 3 heterocycles. The van der Waals surface area contributed by atoms with E-state index in [1.165, 1.54) is 11.8 Å². The van der Waals surface area contributed by atoms with Crippen LogP contribution in [0.15, 0.2) is 35.5 Å². The maximum Gasteiger partial charge on any atom is 0.240 e. The van der Waals surface area contributed by atoms with Gasteiger partial charge in [0.2, 0.25) is 11.8 Å². The fourth-order valence-corrected chi connectivity index (χ4v) is 5.38. The Morgan fingerprint density at radius 1 is 1.03 bits per heavy atom. The lowest BCUT2D eigenvalue weighted by atomic mass is 10.1. The number of amides is 2. The molecular weight excluding hydrogens is 398 g/mol. The monoisotopic (exact) mass is 427 g/mol. The molecule has 0 radical (unpaired) electrons. The molecule has 8 heteroatoms. The number of likely N-dealkylation sites (tertiary alicyclic amines) is 1. The van der Waals surface area contributed by atoms with Crippen LogP contribution in [0.4, 0.5) is 5.69 Å². The van der Waals surface area contributed by atoms with Crippen LogP contribution in [0.5, 0.6) is 0 Å². The van der Waals surface area contributed by atoms with Gasteiger partial charge < -0.3 is 14.4 Å². The standard InChI is InChI=1S/C22H29N5O2S/c1-2-26-19(16-25-14-8-4-7-13-20(25)28)23-24-22(26)30-18-12-9-15-27(21(18)29)17-10-5-3-6-11-17/h3,5-6,10-11,18H,2,4,7-9,12-16H2,1H3. The average molecular weight is 428 g/mol. The van der Waals surface area contributed by atoms with E-state index in [-0.39, 0.29) is 17.1 Å². The normalized spacial score (nSPS) is 20.5. The van der Waals surface area contributed by atoms with E-state index in [1.807, 2.05) is 40.1 Å². The average Bonchev–Trinajstić information content (AvgIpc) is 3.03. The molecule has 2 aromatic rings. The van der Waals surface area contributed by atoms with Crippen molar-refractivity contribution in [1.29, 1.82) is 0 Å². The summed E-state index contributed by atoms with van der Waals surface area (Å²) in [6, 6.07) is 9.85. The Hall–Kier alpha value is -2.35. The SMILES string of the molecule is CCn1c(CN2CCCCCC2=O)nnc1SC1CCCN(c2ccccc2)C1=O. The van der Waals surface area contributed by atoms with Crippen LogP contribution in [0.25, 0.3) is 0 Å². The molecule has 160 valence electrons. The molecule has 2 aliphatic heterocycles. The Labute approximate surface area is 181 Å². The maximum atomic E-state index is 13.1. The number of carbonyl (C=O) groups excluding carboxylic acids is 2. The molecular formula is C22H29N5O2S. The van der Waals surface area contributed by atoms with E-state index in [4.69, 9.17) is 0 Å². The first kappa shape index (κ1) is 20.9. The third kappa shape index (κ3) is 4.53. The summed E-state index contributed by atoms with van der Waals surface area (Å²) < 4.78 is 2.05. The molecule has 1 atom stereocenters. The van der Waals surface area contributed by atoms with Gasteiger partial charge in [-0.05, 0) is 44.7 Å². The van der Waals surface area contributed by atoms with Gasteiger partial charge in [-0.15, -0.1) is 10.2 Å². The van der Waals surface area contributed by atoms with E-state index < -0.39 is 0 Å². The molecule has 0 bridgehead atoms. The maximum absolute atomic E-state index is 13.1. The lowest BCUT2D eigenvalue weighted by Crippen LogP contribution is -2.43. The van der Waals surface area contributed by atoms with E-state index in [0.29, 0.717) is 13.0 Å². The zero-order valence-electron chi connectivity index (χ0n) is 17.5. The minimum atomic E-state index is -0.166. The number of piperidine rings is 1. The Balaban J connectivity index is 1.48. The molecule has 0 saturated carbocycles. The lowest BCUT2D eigenvalue weighted by Gasteiger charge is -2.31.